The van der Waals surface area contributed by atoms with Crippen molar-refractivity contribution in [3.8, 4) is 11.5 Å². The Morgan fingerprint density at radius 2 is 1.92 bits per heavy atom. The van der Waals surface area contributed by atoms with Crippen LogP contribution in [-0.2, 0) is 11.4 Å². The van der Waals surface area contributed by atoms with Crippen molar-refractivity contribution in [1.29, 1.82) is 0 Å². The monoisotopic (exact) mass is 356 g/mol. The number of methoxy groups -OCH3 is 1. The smallest absolute Gasteiger partial charge is 0.328 e. The number of carbonyl (C=O) groups is 2. The molecule has 0 bridgehead atoms. The third-order valence-electron chi connectivity index (χ3n) is 3.92. The van der Waals surface area contributed by atoms with Gasteiger partial charge in [-0.1, -0.05) is 24.3 Å². The van der Waals surface area contributed by atoms with Crippen LogP contribution in [0.1, 0.15) is 11.1 Å². The summed E-state index contributed by atoms with van der Waals surface area (Å²) in [7, 11) is 2.89. The number of ether oxygens (including phenoxy) is 2. The van der Waals surface area contributed by atoms with Gasteiger partial charge in [-0.15, -0.1) is 0 Å². The predicted octanol–water partition coefficient (Wildman–Crippen LogP) is 2.94. The maximum atomic E-state index is 13.7. The second-order valence-corrected chi connectivity index (χ2v) is 5.64. The van der Waals surface area contributed by atoms with E-state index in [4.69, 9.17) is 9.47 Å². The first-order chi connectivity index (χ1) is 12.5. The molecule has 3 amide bonds. The van der Waals surface area contributed by atoms with Crippen molar-refractivity contribution >= 4 is 18.0 Å². The highest BCUT2D eigenvalue weighted by molar-refractivity contribution is 6.13. The number of nitrogens with zero attached hydrogens (tertiary/aromatic N) is 1. The number of benzene rings is 2. The molecule has 1 fully saturated rings. The summed E-state index contributed by atoms with van der Waals surface area (Å²) in [5.74, 6) is 0.124. The largest absolute Gasteiger partial charge is 0.493 e. The SMILES string of the molecule is COc1cc(/C=C2/NC(=O)N(C)C2=O)ccc1OCc1ccccc1F. The van der Waals surface area contributed by atoms with Crippen LogP contribution in [0.5, 0.6) is 11.5 Å². The van der Waals surface area contributed by atoms with Gasteiger partial charge in [-0.05, 0) is 29.8 Å². The maximum absolute atomic E-state index is 13.7. The molecule has 1 N–H and O–H groups in total. The molecule has 0 unspecified atom stereocenters. The minimum Gasteiger partial charge on any atom is -0.493 e. The molecule has 2 aromatic rings. The summed E-state index contributed by atoms with van der Waals surface area (Å²) in [4.78, 5) is 24.4. The predicted molar refractivity (Wildman–Crippen MR) is 93.0 cm³/mol. The first-order valence-corrected chi connectivity index (χ1v) is 7.84. The number of imide groups is 1. The van der Waals surface area contributed by atoms with Crippen LogP contribution in [0, 0.1) is 5.82 Å². The van der Waals surface area contributed by atoms with Crippen molar-refractivity contribution in [2.24, 2.45) is 0 Å². The summed E-state index contributed by atoms with van der Waals surface area (Å²) >= 11 is 0. The van der Waals surface area contributed by atoms with Crippen LogP contribution in [0.15, 0.2) is 48.2 Å². The molecule has 26 heavy (non-hydrogen) atoms. The normalized spacial score (nSPS) is 15.3. The van der Waals surface area contributed by atoms with Gasteiger partial charge >= 0.3 is 6.03 Å². The van der Waals surface area contributed by atoms with E-state index in [-0.39, 0.29) is 18.1 Å². The van der Waals surface area contributed by atoms with E-state index in [9.17, 15) is 14.0 Å². The molecule has 134 valence electrons. The quantitative estimate of drug-likeness (QED) is 0.661. The average molecular weight is 356 g/mol. The van der Waals surface area contributed by atoms with Gasteiger partial charge in [-0.25, -0.2) is 9.18 Å². The molecule has 0 aliphatic carbocycles. The van der Waals surface area contributed by atoms with Gasteiger partial charge in [0.05, 0.1) is 7.11 Å². The number of hydrogen-bond acceptors (Lipinski definition) is 4. The number of likely N-dealkylation sites (N-methyl/N-ethyl adjacent to an activating group) is 1. The zero-order valence-electron chi connectivity index (χ0n) is 14.3. The second kappa shape index (κ2) is 7.26. The molecule has 1 aliphatic rings. The Balaban J connectivity index is 1.79. The minimum atomic E-state index is -0.474. The lowest BCUT2D eigenvalue weighted by Gasteiger charge is -2.12. The van der Waals surface area contributed by atoms with Crippen molar-refractivity contribution in [3.05, 3.63) is 65.1 Å². The van der Waals surface area contributed by atoms with Gasteiger partial charge in [0, 0.05) is 12.6 Å². The lowest BCUT2D eigenvalue weighted by Crippen LogP contribution is -2.25. The van der Waals surface area contributed by atoms with Crippen LogP contribution in [-0.4, -0.2) is 31.0 Å². The zero-order valence-corrected chi connectivity index (χ0v) is 14.3. The molecule has 1 heterocycles. The summed E-state index contributed by atoms with van der Waals surface area (Å²) < 4.78 is 24.6. The lowest BCUT2D eigenvalue weighted by molar-refractivity contribution is -0.121. The van der Waals surface area contributed by atoms with Crippen LogP contribution < -0.4 is 14.8 Å². The molecule has 7 heteroatoms. The van der Waals surface area contributed by atoms with E-state index in [1.165, 1.54) is 20.2 Å². The van der Waals surface area contributed by atoms with Gasteiger partial charge in [0.1, 0.15) is 18.1 Å². The molecule has 3 rings (SSSR count). The summed E-state index contributed by atoms with van der Waals surface area (Å²) in [6.07, 6.45) is 1.55. The summed E-state index contributed by atoms with van der Waals surface area (Å²) in [6, 6.07) is 10.9. The summed E-state index contributed by atoms with van der Waals surface area (Å²) in [5, 5.41) is 2.49. The van der Waals surface area contributed by atoms with Gasteiger partial charge in [-0.2, -0.15) is 0 Å². The Bertz CT molecular complexity index is 895. The molecule has 1 aliphatic heterocycles. The van der Waals surface area contributed by atoms with Crippen LogP contribution in [0.3, 0.4) is 0 Å². The van der Waals surface area contributed by atoms with Crippen molar-refractivity contribution in [2.45, 2.75) is 6.61 Å². The van der Waals surface area contributed by atoms with Crippen LogP contribution in [0.4, 0.5) is 9.18 Å². The molecule has 6 nitrogen and oxygen atoms in total. The second-order valence-electron chi connectivity index (χ2n) is 5.64. The summed E-state index contributed by atoms with van der Waals surface area (Å²) in [5.41, 5.74) is 1.27. The molecule has 0 saturated carbocycles. The Labute approximate surface area is 149 Å². The highest BCUT2D eigenvalue weighted by atomic mass is 19.1. The number of halogens is 1. The van der Waals surface area contributed by atoms with Gasteiger partial charge < -0.3 is 14.8 Å². The van der Waals surface area contributed by atoms with Crippen molar-refractivity contribution in [3.63, 3.8) is 0 Å². The van der Waals surface area contributed by atoms with Crippen molar-refractivity contribution in [2.75, 3.05) is 14.2 Å². The molecular formula is C19H17FN2O4. The molecule has 2 aromatic carbocycles. The lowest BCUT2D eigenvalue weighted by atomic mass is 10.1. The van der Waals surface area contributed by atoms with Gasteiger partial charge in [0.25, 0.3) is 5.91 Å². The number of nitrogens with one attached hydrogen (secondary N) is 1. The standard InChI is InChI=1S/C19H17FN2O4/c1-22-18(23)15(21-19(22)24)9-12-7-8-16(17(10-12)25-2)26-11-13-5-3-4-6-14(13)20/h3-10H,11H2,1-2H3,(H,21,24)/b15-9+. The molecule has 1 saturated heterocycles. The number of rotatable bonds is 5. The van der Waals surface area contributed by atoms with Gasteiger partial charge in [-0.3, -0.25) is 9.69 Å². The van der Waals surface area contributed by atoms with E-state index in [0.717, 1.165) is 4.90 Å². The fourth-order valence-electron chi connectivity index (χ4n) is 2.45. The van der Waals surface area contributed by atoms with Crippen molar-refractivity contribution < 1.29 is 23.5 Å². The van der Waals surface area contributed by atoms with E-state index >= 15 is 0 Å². The Morgan fingerprint density at radius 3 is 2.58 bits per heavy atom. The fourth-order valence-corrected chi connectivity index (χ4v) is 2.45. The molecule has 0 aromatic heterocycles. The zero-order chi connectivity index (χ0) is 18.7. The van der Waals surface area contributed by atoms with E-state index in [2.05, 4.69) is 5.32 Å². The van der Waals surface area contributed by atoms with Gasteiger partial charge in [0.2, 0.25) is 0 Å². The Hall–Kier alpha value is -3.35. The van der Waals surface area contributed by atoms with Crippen LogP contribution in [0.25, 0.3) is 6.08 Å². The molecule has 0 radical (unpaired) electrons. The number of hydrogen-bond donors (Lipinski definition) is 1. The summed E-state index contributed by atoms with van der Waals surface area (Å²) in [6.45, 7) is 0.0583. The highest BCUT2D eigenvalue weighted by Crippen LogP contribution is 2.30. The van der Waals surface area contributed by atoms with E-state index in [1.54, 1.807) is 42.5 Å². The average Bonchev–Trinajstić information content (AvgIpc) is 2.88. The highest BCUT2D eigenvalue weighted by Gasteiger charge is 2.29. The fraction of sp³-hybridized carbons (Fsp3) is 0.158. The van der Waals surface area contributed by atoms with E-state index in [1.807, 2.05) is 0 Å². The van der Waals surface area contributed by atoms with Gasteiger partial charge in [0.15, 0.2) is 11.5 Å². The molecule has 0 spiro atoms. The topological polar surface area (TPSA) is 67.9 Å². The third-order valence-corrected chi connectivity index (χ3v) is 3.92. The molecule has 0 atom stereocenters. The third kappa shape index (κ3) is 3.51. The first kappa shape index (κ1) is 17.5. The van der Waals surface area contributed by atoms with Crippen LogP contribution in [0.2, 0.25) is 0 Å². The maximum Gasteiger partial charge on any atom is 0.328 e. The Kier molecular flexibility index (Phi) is 4.88. The van der Waals surface area contributed by atoms with Crippen molar-refractivity contribution in [1.82, 2.24) is 10.2 Å². The Morgan fingerprint density at radius 1 is 1.15 bits per heavy atom. The number of urea groups is 1. The number of carbonyl (C=O) groups excluding carboxylic acids is 2. The van der Waals surface area contributed by atoms with E-state index in [0.29, 0.717) is 22.6 Å². The number of amides is 3. The molecular weight excluding hydrogens is 339 g/mol. The first-order valence-electron chi connectivity index (χ1n) is 7.84. The minimum absolute atomic E-state index is 0.0583. The van der Waals surface area contributed by atoms with E-state index < -0.39 is 11.9 Å². The van der Waals surface area contributed by atoms with Crippen LogP contribution >= 0.6 is 0 Å².